The van der Waals surface area contributed by atoms with Gasteiger partial charge in [0, 0.05) is 25.0 Å². The van der Waals surface area contributed by atoms with E-state index in [9.17, 15) is 18.3 Å². The van der Waals surface area contributed by atoms with Gasteiger partial charge in [0.15, 0.2) is 11.5 Å². The van der Waals surface area contributed by atoms with Crippen LogP contribution in [0, 0.1) is 0 Å². The average molecular weight is 350 g/mol. The fourth-order valence-electron chi connectivity index (χ4n) is 2.41. The van der Waals surface area contributed by atoms with Crippen LogP contribution in [0.1, 0.15) is 0 Å². The van der Waals surface area contributed by atoms with Crippen molar-refractivity contribution in [1.82, 2.24) is 4.98 Å². The average Bonchev–Trinajstić information content (AvgIpc) is 2.91. The lowest BCUT2D eigenvalue weighted by Crippen LogP contribution is -2.17. The quantitative estimate of drug-likeness (QED) is 0.717. The van der Waals surface area contributed by atoms with Gasteiger partial charge in [0.05, 0.1) is 5.56 Å². The molecule has 0 amide bonds. The van der Waals surface area contributed by atoms with Crippen molar-refractivity contribution in [3.63, 3.8) is 0 Å². The molecule has 2 aromatic heterocycles. The number of alkyl halides is 3. The summed E-state index contributed by atoms with van der Waals surface area (Å²) in [5.41, 5.74) is 1.07. The van der Waals surface area contributed by atoms with Gasteiger partial charge in [0.25, 0.3) is 0 Å². The summed E-state index contributed by atoms with van der Waals surface area (Å²) >= 11 is 0. The van der Waals surface area contributed by atoms with E-state index in [-0.39, 0.29) is 23.0 Å². The second kappa shape index (κ2) is 6.39. The molecule has 5 nitrogen and oxygen atoms in total. The summed E-state index contributed by atoms with van der Waals surface area (Å²) in [7, 11) is 1.57. The van der Waals surface area contributed by atoms with E-state index in [1.807, 2.05) is 0 Å². The lowest BCUT2D eigenvalue weighted by atomic mass is 10.1. The van der Waals surface area contributed by atoms with Crippen molar-refractivity contribution in [3.8, 4) is 33.9 Å². The van der Waals surface area contributed by atoms with Crippen LogP contribution in [0.3, 0.4) is 0 Å². The molecule has 1 aromatic carbocycles. The van der Waals surface area contributed by atoms with E-state index < -0.39 is 12.1 Å². The Morgan fingerprint density at radius 2 is 1.92 bits per heavy atom. The predicted molar refractivity (Wildman–Crippen MR) is 85.3 cm³/mol. The van der Waals surface area contributed by atoms with Crippen LogP contribution < -0.4 is 10.1 Å². The minimum Gasteiger partial charge on any atom is -0.504 e. The minimum atomic E-state index is -4.80. The molecule has 0 saturated carbocycles. The minimum absolute atomic E-state index is 0.162. The Hall–Kier alpha value is -3.16. The van der Waals surface area contributed by atoms with E-state index >= 15 is 0 Å². The van der Waals surface area contributed by atoms with E-state index in [1.54, 1.807) is 31.4 Å². The van der Waals surface area contributed by atoms with Crippen molar-refractivity contribution >= 4 is 5.88 Å². The van der Waals surface area contributed by atoms with E-state index in [0.717, 1.165) is 0 Å². The second-order valence-electron chi connectivity index (χ2n) is 5.05. The molecule has 2 heterocycles. The molecule has 2 N–H and O–H groups in total. The van der Waals surface area contributed by atoms with Gasteiger partial charge < -0.3 is 19.6 Å². The molecule has 3 aromatic rings. The Labute approximate surface area is 140 Å². The van der Waals surface area contributed by atoms with Crippen LogP contribution >= 0.6 is 0 Å². The number of rotatable bonds is 4. The van der Waals surface area contributed by atoms with Crippen molar-refractivity contribution in [2.24, 2.45) is 0 Å². The van der Waals surface area contributed by atoms with Crippen LogP contribution in [0.4, 0.5) is 19.1 Å². The number of anilines is 1. The lowest BCUT2D eigenvalue weighted by molar-refractivity contribution is -0.274. The van der Waals surface area contributed by atoms with Crippen LogP contribution in [0.2, 0.25) is 0 Å². The van der Waals surface area contributed by atoms with Gasteiger partial charge in [-0.1, -0.05) is 12.1 Å². The molecule has 25 heavy (non-hydrogen) atoms. The molecular weight excluding hydrogens is 337 g/mol. The number of pyridine rings is 1. The van der Waals surface area contributed by atoms with Crippen molar-refractivity contribution in [2.75, 3.05) is 12.4 Å². The molecule has 0 atom stereocenters. The summed E-state index contributed by atoms with van der Waals surface area (Å²) in [6.45, 7) is 0. The number of furan rings is 1. The fourth-order valence-corrected chi connectivity index (χ4v) is 2.41. The van der Waals surface area contributed by atoms with Crippen molar-refractivity contribution in [2.45, 2.75) is 6.36 Å². The van der Waals surface area contributed by atoms with E-state index in [2.05, 4.69) is 15.0 Å². The molecule has 130 valence electrons. The molecule has 3 rings (SSSR count). The summed E-state index contributed by atoms with van der Waals surface area (Å²) in [6, 6.07) is 8.65. The summed E-state index contributed by atoms with van der Waals surface area (Å²) < 4.78 is 46.8. The van der Waals surface area contributed by atoms with Gasteiger partial charge in [0.2, 0.25) is 5.88 Å². The molecule has 8 heteroatoms. The SMILES string of the molecule is CNc1oc(-c2cccnc2)c(O)c1-c1cccc(OC(F)(F)F)c1. The molecule has 0 fully saturated rings. The third kappa shape index (κ3) is 3.52. The smallest absolute Gasteiger partial charge is 0.504 e. The normalized spacial score (nSPS) is 11.4. The first kappa shape index (κ1) is 16.7. The number of halogens is 3. The molecule has 0 radical (unpaired) electrons. The predicted octanol–water partition coefficient (Wildman–Crippen LogP) is 4.65. The molecule has 0 aliphatic rings. The van der Waals surface area contributed by atoms with Crippen LogP contribution in [0.25, 0.3) is 22.5 Å². The Bertz CT molecular complexity index is 877. The molecule has 0 unspecified atom stereocenters. The maximum Gasteiger partial charge on any atom is 0.573 e. The lowest BCUT2D eigenvalue weighted by Gasteiger charge is -2.10. The van der Waals surface area contributed by atoms with Gasteiger partial charge in [-0.25, -0.2) is 0 Å². The first-order chi connectivity index (χ1) is 11.9. The highest BCUT2D eigenvalue weighted by Crippen LogP contribution is 2.46. The van der Waals surface area contributed by atoms with Crippen LogP contribution in [-0.4, -0.2) is 23.5 Å². The molecular formula is C17H13F3N2O3. The van der Waals surface area contributed by atoms with Gasteiger partial charge in [0.1, 0.15) is 5.75 Å². The summed E-state index contributed by atoms with van der Waals surface area (Å²) in [5.74, 6) is -0.229. The molecule has 0 aliphatic heterocycles. The largest absolute Gasteiger partial charge is 0.573 e. The highest BCUT2D eigenvalue weighted by Gasteiger charge is 2.31. The third-order valence-corrected chi connectivity index (χ3v) is 3.39. The van der Waals surface area contributed by atoms with Gasteiger partial charge in [-0.15, -0.1) is 13.2 Å². The molecule has 0 saturated heterocycles. The number of nitrogens with one attached hydrogen (secondary N) is 1. The topological polar surface area (TPSA) is 67.5 Å². The summed E-state index contributed by atoms with van der Waals surface area (Å²) in [5, 5.41) is 13.3. The zero-order chi connectivity index (χ0) is 18.0. The highest BCUT2D eigenvalue weighted by molar-refractivity contribution is 5.87. The van der Waals surface area contributed by atoms with Gasteiger partial charge >= 0.3 is 6.36 Å². The summed E-state index contributed by atoms with van der Waals surface area (Å²) in [4.78, 5) is 3.96. The van der Waals surface area contributed by atoms with Crippen molar-refractivity contribution in [1.29, 1.82) is 0 Å². The molecule has 0 aliphatic carbocycles. The van der Waals surface area contributed by atoms with Crippen LogP contribution in [0.5, 0.6) is 11.5 Å². The number of ether oxygens (including phenoxy) is 1. The zero-order valence-corrected chi connectivity index (χ0v) is 13.0. The van der Waals surface area contributed by atoms with Crippen molar-refractivity contribution < 1.29 is 27.4 Å². The Morgan fingerprint density at radius 1 is 1.16 bits per heavy atom. The maximum absolute atomic E-state index is 12.4. The summed E-state index contributed by atoms with van der Waals surface area (Å²) in [6.07, 6.45) is -1.73. The van der Waals surface area contributed by atoms with Gasteiger partial charge in [-0.05, 0) is 29.8 Å². The number of aromatic nitrogens is 1. The second-order valence-corrected chi connectivity index (χ2v) is 5.05. The zero-order valence-electron chi connectivity index (χ0n) is 13.0. The maximum atomic E-state index is 12.4. The van der Waals surface area contributed by atoms with Crippen LogP contribution in [0.15, 0.2) is 53.2 Å². The fraction of sp³-hybridized carbons (Fsp3) is 0.118. The third-order valence-electron chi connectivity index (χ3n) is 3.39. The first-order valence-corrected chi connectivity index (χ1v) is 7.19. The number of nitrogens with zero attached hydrogens (tertiary/aromatic N) is 1. The Kier molecular flexibility index (Phi) is 4.26. The first-order valence-electron chi connectivity index (χ1n) is 7.19. The number of benzene rings is 1. The monoisotopic (exact) mass is 350 g/mol. The molecule has 0 spiro atoms. The molecule has 0 bridgehead atoms. The number of hydrogen-bond acceptors (Lipinski definition) is 5. The van der Waals surface area contributed by atoms with E-state index in [1.165, 1.54) is 24.4 Å². The van der Waals surface area contributed by atoms with Crippen LogP contribution in [-0.2, 0) is 0 Å². The highest BCUT2D eigenvalue weighted by atomic mass is 19.4. The van der Waals surface area contributed by atoms with Gasteiger partial charge in [-0.3, -0.25) is 4.98 Å². The standard InChI is InChI=1S/C17H13F3N2O3/c1-21-16-13(10-4-2-6-12(8-10)25-17(18,19)20)14(23)15(24-16)11-5-3-7-22-9-11/h2-9,21,23H,1H3. The number of hydrogen-bond donors (Lipinski definition) is 2. The van der Waals surface area contributed by atoms with E-state index in [4.69, 9.17) is 4.42 Å². The Morgan fingerprint density at radius 3 is 2.56 bits per heavy atom. The van der Waals surface area contributed by atoms with Gasteiger partial charge in [-0.2, -0.15) is 0 Å². The van der Waals surface area contributed by atoms with E-state index in [0.29, 0.717) is 11.1 Å². The Balaban J connectivity index is 2.09. The number of aromatic hydroxyl groups is 1. The van der Waals surface area contributed by atoms with Crippen molar-refractivity contribution in [3.05, 3.63) is 48.8 Å².